The first-order valence-corrected chi connectivity index (χ1v) is 10.1. The molecule has 3 aromatic rings. The van der Waals surface area contributed by atoms with Crippen LogP contribution >= 0.6 is 11.8 Å². The molecule has 0 atom stereocenters. The van der Waals surface area contributed by atoms with Crippen molar-refractivity contribution in [2.45, 2.75) is 19.0 Å². The van der Waals surface area contributed by atoms with Crippen LogP contribution in [0.4, 0.5) is 10.1 Å². The first-order chi connectivity index (χ1) is 14.3. The van der Waals surface area contributed by atoms with Crippen LogP contribution in [0.1, 0.15) is 11.1 Å². The van der Waals surface area contributed by atoms with Crippen molar-refractivity contribution >= 4 is 29.3 Å². The molecule has 0 saturated heterocycles. The molecule has 0 unspecified atom stereocenters. The number of carbonyl (C=O) groups is 2. The number of aryl methyl sites for hydroxylation is 2. The topological polar surface area (TPSA) is 93.0 Å². The normalized spacial score (nSPS) is 10.7. The van der Waals surface area contributed by atoms with Gasteiger partial charge in [0.05, 0.1) is 18.0 Å². The van der Waals surface area contributed by atoms with Crippen molar-refractivity contribution in [2.75, 3.05) is 24.7 Å². The van der Waals surface area contributed by atoms with E-state index in [1.807, 2.05) is 32.0 Å². The number of hydrogen-bond donors (Lipinski definition) is 1. The second-order valence-electron chi connectivity index (χ2n) is 6.76. The second-order valence-corrected chi connectivity index (χ2v) is 7.70. The number of aromatic nitrogens is 4. The zero-order valence-corrected chi connectivity index (χ0v) is 17.6. The van der Waals surface area contributed by atoms with Crippen LogP contribution in [0.5, 0.6) is 0 Å². The molecule has 0 aliphatic rings. The number of nitrogens with zero attached hydrogens (tertiary/aromatic N) is 5. The molecule has 0 fully saturated rings. The Balaban J connectivity index is 1.56. The van der Waals surface area contributed by atoms with Gasteiger partial charge in [0.15, 0.2) is 0 Å². The van der Waals surface area contributed by atoms with Crippen LogP contribution in [0.3, 0.4) is 0 Å². The van der Waals surface area contributed by atoms with Crippen molar-refractivity contribution in [1.29, 1.82) is 0 Å². The Labute approximate surface area is 177 Å². The fourth-order valence-electron chi connectivity index (χ4n) is 2.74. The molecule has 156 valence electrons. The molecule has 3 rings (SSSR count). The monoisotopic (exact) mass is 428 g/mol. The predicted molar refractivity (Wildman–Crippen MR) is 112 cm³/mol. The minimum Gasteiger partial charge on any atom is -0.336 e. The summed E-state index contributed by atoms with van der Waals surface area (Å²) < 4.78 is 14.5. The van der Waals surface area contributed by atoms with Crippen LogP contribution in [0, 0.1) is 19.7 Å². The first-order valence-electron chi connectivity index (χ1n) is 9.11. The predicted octanol–water partition coefficient (Wildman–Crippen LogP) is 2.61. The molecular formula is C20H21FN6O2S. The highest BCUT2D eigenvalue weighted by Gasteiger charge is 2.17. The Bertz CT molecular complexity index is 1050. The van der Waals surface area contributed by atoms with Crippen LogP contribution in [0.2, 0.25) is 0 Å². The highest BCUT2D eigenvalue weighted by Crippen LogP contribution is 2.21. The number of rotatable bonds is 7. The van der Waals surface area contributed by atoms with E-state index in [9.17, 15) is 14.0 Å². The third-order valence-corrected chi connectivity index (χ3v) is 5.18. The molecule has 2 amide bonds. The lowest BCUT2D eigenvalue weighted by Gasteiger charge is -2.16. The van der Waals surface area contributed by atoms with Crippen molar-refractivity contribution in [1.82, 2.24) is 25.1 Å². The smallest absolute Gasteiger partial charge is 0.243 e. The number of carbonyl (C=O) groups excluding carboxylic acids is 2. The quantitative estimate of drug-likeness (QED) is 0.582. The van der Waals surface area contributed by atoms with Gasteiger partial charge in [-0.3, -0.25) is 9.59 Å². The van der Waals surface area contributed by atoms with E-state index in [-0.39, 0.29) is 29.9 Å². The van der Waals surface area contributed by atoms with Crippen molar-refractivity contribution in [3.8, 4) is 5.69 Å². The number of halogens is 1. The Morgan fingerprint density at radius 3 is 2.60 bits per heavy atom. The van der Waals surface area contributed by atoms with E-state index in [4.69, 9.17) is 0 Å². The largest absolute Gasteiger partial charge is 0.336 e. The fraction of sp³-hybridized carbons (Fsp3) is 0.250. The van der Waals surface area contributed by atoms with Crippen molar-refractivity contribution in [3.05, 3.63) is 59.4 Å². The SMILES string of the molecule is Cc1ccc(-n2nnnc2SCC(=O)N(C)CC(=O)Nc2ccc(F)cc2)c(C)c1. The average Bonchev–Trinajstić information content (AvgIpc) is 3.16. The molecule has 0 spiro atoms. The second kappa shape index (κ2) is 9.49. The lowest BCUT2D eigenvalue weighted by Crippen LogP contribution is -2.36. The number of likely N-dealkylation sites (N-methyl/N-ethyl adjacent to an activating group) is 1. The number of amides is 2. The molecule has 1 N–H and O–H groups in total. The van der Waals surface area contributed by atoms with Crippen LogP contribution in [0.15, 0.2) is 47.6 Å². The molecule has 0 aliphatic heterocycles. The van der Waals surface area contributed by atoms with Crippen LogP contribution < -0.4 is 5.32 Å². The number of thioether (sulfide) groups is 1. The maximum atomic E-state index is 12.9. The fourth-order valence-corrected chi connectivity index (χ4v) is 3.56. The van der Waals surface area contributed by atoms with Crippen LogP contribution in [-0.2, 0) is 9.59 Å². The van der Waals surface area contributed by atoms with E-state index in [0.29, 0.717) is 10.8 Å². The lowest BCUT2D eigenvalue weighted by atomic mass is 10.1. The molecule has 0 radical (unpaired) electrons. The van der Waals surface area contributed by atoms with E-state index in [1.54, 1.807) is 11.7 Å². The first kappa shape index (κ1) is 21.4. The highest BCUT2D eigenvalue weighted by molar-refractivity contribution is 7.99. The van der Waals surface area contributed by atoms with Crippen LogP contribution in [0.25, 0.3) is 5.69 Å². The maximum Gasteiger partial charge on any atom is 0.243 e. The minimum atomic E-state index is -0.388. The van der Waals surface area contributed by atoms with Gasteiger partial charge in [-0.15, -0.1) is 5.10 Å². The molecule has 1 heterocycles. The average molecular weight is 428 g/mol. The summed E-state index contributed by atoms with van der Waals surface area (Å²) in [6, 6.07) is 11.3. The molecule has 0 bridgehead atoms. The Morgan fingerprint density at radius 2 is 1.90 bits per heavy atom. The van der Waals surface area contributed by atoms with Crippen LogP contribution in [-0.4, -0.2) is 56.3 Å². The number of hydrogen-bond acceptors (Lipinski definition) is 6. The van der Waals surface area contributed by atoms with Gasteiger partial charge in [0, 0.05) is 12.7 Å². The van der Waals surface area contributed by atoms with E-state index in [2.05, 4.69) is 20.8 Å². The zero-order valence-electron chi connectivity index (χ0n) is 16.8. The zero-order chi connectivity index (χ0) is 21.7. The third-order valence-electron chi connectivity index (χ3n) is 4.28. The van der Waals surface area contributed by atoms with Crippen molar-refractivity contribution in [3.63, 3.8) is 0 Å². The summed E-state index contributed by atoms with van der Waals surface area (Å²) in [6.45, 7) is 3.85. The van der Waals surface area contributed by atoms with E-state index < -0.39 is 0 Å². The van der Waals surface area contributed by atoms with Gasteiger partial charge < -0.3 is 10.2 Å². The van der Waals surface area contributed by atoms with E-state index >= 15 is 0 Å². The van der Waals surface area contributed by atoms with Gasteiger partial charge in [0.1, 0.15) is 5.82 Å². The number of tetrazole rings is 1. The Morgan fingerprint density at radius 1 is 1.17 bits per heavy atom. The number of benzene rings is 2. The molecule has 0 aliphatic carbocycles. The number of anilines is 1. The third kappa shape index (κ3) is 5.41. The summed E-state index contributed by atoms with van der Waals surface area (Å²) in [5.74, 6) is -0.932. The van der Waals surface area contributed by atoms with E-state index in [0.717, 1.165) is 16.8 Å². The Hall–Kier alpha value is -3.27. The molecule has 8 nitrogen and oxygen atoms in total. The molecule has 10 heteroatoms. The lowest BCUT2D eigenvalue weighted by molar-refractivity contribution is -0.131. The Kier molecular flexibility index (Phi) is 6.78. The van der Waals surface area contributed by atoms with E-state index in [1.165, 1.54) is 40.9 Å². The van der Waals surface area contributed by atoms with Gasteiger partial charge in [0.25, 0.3) is 0 Å². The van der Waals surface area contributed by atoms with Gasteiger partial charge in [-0.25, -0.2) is 4.39 Å². The van der Waals surface area contributed by atoms with Crippen molar-refractivity contribution < 1.29 is 14.0 Å². The molecule has 1 aromatic heterocycles. The summed E-state index contributed by atoms with van der Waals surface area (Å²) in [7, 11) is 1.54. The van der Waals surface area contributed by atoms with Gasteiger partial charge in [-0.1, -0.05) is 29.5 Å². The van der Waals surface area contributed by atoms with Gasteiger partial charge in [0.2, 0.25) is 17.0 Å². The van der Waals surface area contributed by atoms with Gasteiger partial charge in [-0.05, 0) is 60.2 Å². The minimum absolute atomic E-state index is 0.0750. The molecule has 2 aromatic carbocycles. The molecular weight excluding hydrogens is 407 g/mol. The summed E-state index contributed by atoms with van der Waals surface area (Å²) in [5.41, 5.74) is 3.45. The van der Waals surface area contributed by atoms with Gasteiger partial charge in [-0.2, -0.15) is 4.68 Å². The molecule has 0 saturated carbocycles. The van der Waals surface area contributed by atoms with Gasteiger partial charge >= 0.3 is 0 Å². The van der Waals surface area contributed by atoms with Crippen molar-refractivity contribution in [2.24, 2.45) is 0 Å². The summed E-state index contributed by atoms with van der Waals surface area (Å²) in [4.78, 5) is 25.9. The maximum absolute atomic E-state index is 12.9. The molecule has 30 heavy (non-hydrogen) atoms. The summed E-state index contributed by atoms with van der Waals surface area (Å²) in [6.07, 6.45) is 0. The highest BCUT2D eigenvalue weighted by atomic mass is 32.2. The standard InChI is InChI=1S/C20H21FN6O2S/c1-13-4-9-17(14(2)10-13)27-20(23-24-25-27)30-12-19(29)26(3)11-18(28)22-16-7-5-15(21)6-8-16/h4-10H,11-12H2,1-3H3,(H,22,28). The summed E-state index contributed by atoms with van der Waals surface area (Å²) >= 11 is 1.19. The summed E-state index contributed by atoms with van der Waals surface area (Å²) in [5, 5.41) is 14.8. The number of nitrogens with one attached hydrogen (secondary N) is 1.